The first-order valence-corrected chi connectivity index (χ1v) is 5.33. The average Bonchev–Trinajstić information content (AvgIpc) is 2.53. The number of hydrogen-bond donors (Lipinski definition) is 0. The Labute approximate surface area is 85.4 Å². The van der Waals surface area contributed by atoms with Crippen LogP contribution in [0.3, 0.4) is 0 Å². The summed E-state index contributed by atoms with van der Waals surface area (Å²) < 4.78 is 0. The van der Waals surface area contributed by atoms with Gasteiger partial charge in [0.15, 0.2) is 0 Å². The lowest BCUT2D eigenvalue weighted by Gasteiger charge is -2.14. The molecule has 2 aliphatic rings. The average molecular weight is 197 g/mol. The fourth-order valence-electron chi connectivity index (χ4n) is 2.58. The quantitative estimate of drug-likeness (QED) is 0.642. The molecule has 0 N–H and O–H groups in total. The highest BCUT2D eigenvalue weighted by Crippen LogP contribution is 2.68. The molecule has 0 spiro atoms. The van der Waals surface area contributed by atoms with Crippen LogP contribution < -0.4 is 0 Å². The lowest BCUT2D eigenvalue weighted by atomic mass is 10.0. The summed E-state index contributed by atoms with van der Waals surface area (Å²) in [6, 6.07) is 0. The van der Waals surface area contributed by atoms with E-state index in [1.54, 1.807) is 5.06 Å². The molecule has 1 aliphatic heterocycles. The van der Waals surface area contributed by atoms with Gasteiger partial charge in [-0.05, 0) is 17.3 Å². The Morgan fingerprint density at radius 3 is 2.21 bits per heavy atom. The van der Waals surface area contributed by atoms with Crippen LogP contribution >= 0.6 is 0 Å². The molecule has 1 heterocycles. The normalized spacial score (nSPS) is 29.3. The molecule has 0 aromatic carbocycles. The van der Waals surface area contributed by atoms with Crippen LogP contribution in [0.4, 0.5) is 0 Å². The molecule has 2 fully saturated rings. The minimum Gasteiger partial charge on any atom is -0.272 e. The van der Waals surface area contributed by atoms with E-state index in [1.165, 1.54) is 0 Å². The van der Waals surface area contributed by atoms with Crippen LogP contribution in [0.5, 0.6) is 0 Å². The van der Waals surface area contributed by atoms with Crippen molar-refractivity contribution in [3.63, 3.8) is 0 Å². The Morgan fingerprint density at radius 1 is 1.29 bits per heavy atom. The molecule has 1 saturated heterocycles. The SMILES string of the molecule is CC1(C)C(C(=O)N2CCCO2)C1(C)C. The third-order valence-corrected chi connectivity index (χ3v) is 4.27. The van der Waals surface area contributed by atoms with Crippen molar-refractivity contribution >= 4 is 5.91 Å². The van der Waals surface area contributed by atoms with E-state index in [-0.39, 0.29) is 22.7 Å². The van der Waals surface area contributed by atoms with Gasteiger partial charge in [0.1, 0.15) is 0 Å². The first kappa shape index (κ1) is 9.97. The maximum absolute atomic E-state index is 12.0. The van der Waals surface area contributed by atoms with Gasteiger partial charge in [0, 0.05) is 0 Å². The van der Waals surface area contributed by atoms with Gasteiger partial charge in [-0.2, -0.15) is 0 Å². The van der Waals surface area contributed by atoms with E-state index in [2.05, 4.69) is 27.7 Å². The van der Waals surface area contributed by atoms with Gasteiger partial charge in [0.2, 0.25) is 5.91 Å². The second-order valence-electron chi connectivity index (χ2n) is 5.50. The summed E-state index contributed by atoms with van der Waals surface area (Å²) in [5.74, 6) is 0.311. The van der Waals surface area contributed by atoms with Crippen molar-refractivity contribution in [2.75, 3.05) is 13.2 Å². The molecule has 3 heteroatoms. The molecule has 1 saturated carbocycles. The van der Waals surface area contributed by atoms with Crippen LogP contribution in [-0.4, -0.2) is 24.1 Å². The second-order valence-corrected chi connectivity index (χ2v) is 5.50. The molecule has 80 valence electrons. The number of carbonyl (C=O) groups excluding carboxylic acids is 1. The maximum Gasteiger partial charge on any atom is 0.250 e. The smallest absolute Gasteiger partial charge is 0.250 e. The summed E-state index contributed by atoms with van der Waals surface area (Å²) >= 11 is 0. The molecule has 1 amide bonds. The topological polar surface area (TPSA) is 29.5 Å². The number of rotatable bonds is 1. The third-order valence-electron chi connectivity index (χ3n) is 4.27. The minimum atomic E-state index is 0.121. The van der Waals surface area contributed by atoms with Crippen LogP contribution in [-0.2, 0) is 9.63 Å². The van der Waals surface area contributed by atoms with Crippen LogP contribution in [0.25, 0.3) is 0 Å². The molecule has 0 aromatic heterocycles. The summed E-state index contributed by atoms with van der Waals surface area (Å²) in [5.41, 5.74) is 0.242. The predicted octanol–water partition coefficient (Wildman–Crippen LogP) is 1.83. The molecule has 1 aliphatic carbocycles. The van der Waals surface area contributed by atoms with Crippen molar-refractivity contribution in [3.8, 4) is 0 Å². The molecule has 0 radical (unpaired) electrons. The van der Waals surface area contributed by atoms with Crippen molar-refractivity contribution in [3.05, 3.63) is 0 Å². The summed E-state index contributed by atoms with van der Waals surface area (Å²) in [4.78, 5) is 17.3. The van der Waals surface area contributed by atoms with Crippen LogP contribution in [0.1, 0.15) is 34.1 Å². The van der Waals surface area contributed by atoms with E-state index in [9.17, 15) is 4.79 Å². The standard InChI is InChI=1S/C11H19NO2/c1-10(2)8(11(10,3)4)9(13)12-6-5-7-14-12/h8H,5-7H2,1-4H3. The monoisotopic (exact) mass is 197 g/mol. The summed E-state index contributed by atoms with van der Waals surface area (Å²) in [7, 11) is 0. The Bertz CT molecular complexity index is 250. The number of hydrogen-bond acceptors (Lipinski definition) is 2. The minimum absolute atomic E-state index is 0.121. The molecule has 0 bridgehead atoms. The Kier molecular flexibility index (Phi) is 1.94. The number of hydroxylamine groups is 2. The van der Waals surface area contributed by atoms with E-state index >= 15 is 0 Å². The molecular formula is C11H19NO2. The van der Waals surface area contributed by atoms with E-state index in [0.29, 0.717) is 6.61 Å². The largest absolute Gasteiger partial charge is 0.272 e. The lowest BCUT2D eigenvalue weighted by Crippen LogP contribution is -2.30. The van der Waals surface area contributed by atoms with Crippen molar-refractivity contribution < 1.29 is 9.63 Å². The number of amides is 1. The van der Waals surface area contributed by atoms with Gasteiger partial charge in [-0.25, -0.2) is 5.06 Å². The van der Waals surface area contributed by atoms with Crippen LogP contribution in [0.15, 0.2) is 0 Å². The number of carbonyl (C=O) groups is 1. The van der Waals surface area contributed by atoms with E-state index in [0.717, 1.165) is 13.0 Å². The zero-order valence-electron chi connectivity index (χ0n) is 9.46. The Hall–Kier alpha value is -0.570. The van der Waals surface area contributed by atoms with Crippen molar-refractivity contribution in [2.45, 2.75) is 34.1 Å². The fourth-order valence-corrected chi connectivity index (χ4v) is 2.58. The summed E-state index contributed by atoms with van der Waals surface area (Å²) in [5, 5.41) is 1.56. The predicted molar refractivity (Wildman–Crippen MR) is 53.3 cm³/mol. The van der Waals surface area contributed by atoms with Gasteiger partial charge in [-0.15, -0.1) is 0 Å². The molecule has 14 heavy (non-hydrogen) atoms. The van der Waals surface area contributed by atoms with Gasteiger partial charge in [0.25, 0.3) is 0 Å². The fraction of sp³-hybridized carbons (Fsp3) is 0.909. The van der Waals surface area contributed by atoms with Crippen LogP contribution in [0, 0.1) is 16.7 Å². The van der Waals surface area contributed by atoms with E-state index in [4.69, 9.17) is 4.84 Å². The van der Waals surface area contributed by atoms with Gasteiger partial charge in [0.05, 0.1) is 19.1 Å². The molecule has 0 atom stereocenters. The van der Waals surface area contributed by atoms with Gasteiger partial charge < -0.3 is 0 Å². The van der Waals surface area contributed by atoms with Gasteiger partial charge in [-0.1, -0.05) is 27.7 Å². The molecule has 0 unspecified atom stereocenters. The molecule has 2 rings (SSSR count). The van der Waals surface area contributed by atoms with Crippen molar-refractivity contribution in [2.24, 2.45) is 16.7 Å². The third kappa shape index (κ3) is 1.11. The molecule has 3 nitrogen and oxygen atoms in total. The zero-order chi connectivity index (χ0) is 10.6. The Morgan fingerprint density at radius 2 is 1.86 bits per heavy atom. The zero-order valence-corrected chi connectivity index (χ0v) is 9.46. The van der Waals surface area contributed by atoms with Crippen molar-refractivity contribution in [1.29, 1.82) is 0 Å². The highest BCUT2D eigenvalue weighted by Gasteiger charge is 2.69. The Balaban J connectivity index is 2.07. The maximum atomic E-state index is 12.0. The second kappa shape index (κ2) is 2.72. The number of nitrogens with zero attached hydrogens (tertiary/aromatic N) is 1. The van der Waals surface area contributed by atoms with E-state index < -0.39 is 0 Å². The summed E-state index contributed by atoms with van der Waals surface area (Å²) in [6.07, 6.45) is 0.972. The first-order chi connectivity index (χ1) is 6.39. The van der Waals surface area contributed by atoms with Crippen molar-refractivity contribution in [1.82, 2.24) is 5.06 Å². The lowest BCUT2D eigenvalue weighted by molar-refractivity contribution is -0.171. The highest BCUT2D eigenvalue weighted by molar-refractivity contribution is 5.83. The van der Waals surface area contributed by atoms with Gasteiger partial charge in [-0.3, -0.25) is 9.63 Å². The van der Waals surface area contributed by atoms with E-state index in [1.807, 2.05) is 0 Å². The molecule has 0 aromatic rings. The summed E-state index contributed by atoms with van der Waals surface area (Å²) in [6.45, 7) is 10.1. The van der Waals surface area contributed by atoms with Crippen LogP contribution in [0.2, 0.25) is 0 Å². The highest BCUT2D eigenvalue weighted by atomic mass is 16.7. The van der Waals surface area contributed by atoms with Gasteiger partial charge >= 0.3 is 0 Å². The molecular weight excluding hydrogens is 178 g/mol. The first-order valence-electron chi connectivity index (χ1n) is 5.33.